The molecule has 1 rings (SSSR count). The van der Waals surface area contributed by atoms with Crippen molar-refractivity contribution in [3.8, 4) is 0 Å². The Bertz CT molecular complexity index is 360. The fourth-order valence-electron chi connectivity index (χ4n) is 1.35. The Labute approximate surface area is 87.8 Å². The van der Waals surface area contributed by atoms with Gasteiger partial charge in [0, 0.05) is 0 Å². The highest BCUT2D eigenvalue weighted by Gasteiger charge is 2.13. The molecule has 0 aliphatic rings. The summed E-state index contributed by atoms with van der Waals surface area (Å²) in [6, 6.07) is 4.68. The topological polar surface area (TPSA) is 77.8 Å². The van der Waals surface area contributed by atoms with Gasteiger partial charge in [-0.3, -0.25) is 4.79 Å². The zero-order valence-corrected chi connectivity index (χ0v) is 8.47. The molecular weight excluding hydrogens is 196 g/mol. The minimum atomic E-state index is -1.16. The van der Waals surface area contributed by atoms with E-state index in [9.17, 15) is 9.90 Å². The third-order valence-electron chi connectivity index (χ3n) is 2.27. The molecule has 0 fully saturated rings. The second kappa shape index (κ2) is 5.02. The summed E-state index contributed by atoms with van der Waals surface area (Å²) in [6.45, 7) is 0.893. The molecule has 82 valence electrons. The molecule has 15 heavy (non-hydrogen) atoms. The molecule has 0 aliphatic carbocycles. The molecule has 1 aromatic rings. The molecule has 0 radical (unpaired) electrons. The summed E-state index contributed by atoms with van der Waals surface area (Å²) in [6.07, 6.45) is -1.16. The lowest BCUT2D eigenvalue weighted by molar-refractivity contribution is -0.125. The third-order valence-corrected chi connectivity index (χ3v) is 2.27. The summed E-state index contributed by atoms with van der Waals surface area (Å²) in [7, 11) is 0. The number of carbonyl (C=O) groups is 1. The van der Waals surface area contributed by atoms with Gasteiger partial charge in [0.05, 0.1) is 13.2 Å². The number of hydrogen-bond acceptors (Lipinski definition) is 4. The van der Waals surface area contributed by atoms with Crippen LogP contribution in [-0.4, -0.2) is 21.1 Å². The van der Waals surface area contributed by atoms with E-state index in [1.165, 1.54) is 13.0 Å². The minimum absolute atomic E-state index is 0.174. The molecule has 0 spiro atoms. The zero-order chi connectivity index (χ0) is 11.4. The molecule has 4 heteroatoms. The van der Waals surface area contributed by atoms with Crippen LogP contribution in [0.3, 0.4) is 0 Å². The van der Waals surface area contributed by atoms with Crippen LogP contribution in [0.15, 0.2) is 18.2 Å². The molecule has 0 bridgehead atoms. The molecule has 0 saturated carbocycles. The van der Waals surface area contributed by atoms with Gasteiger partial charge in [-0.1, -0.05) is 18.2 Å². The predicted octanol–water partition coefficient (Wildman–Crippen LogP) is 0.294. The number of rotatable bonds is 4. The van der Waals surface area contributed by atoms with Crippen LogP contribution in [0.5, 0.6) is 0 Å². The highest BCUT2D eigenvalue weighted by atomic mass is 16.3. The minimum Gasteiger partial charge on any atom is -0.392 e. The van der Waals surface area contributed by atoms with Gasteiger partial charge in [-0.05, 0) is 23.6 Å². The molecule has 0 heterocycles. The molecule has 3 N–H and O–H groups in total. The summed E-state index contributed by atoms with van der Waals surface area (Å²) >= 11 is 0. The number of ketones is 1. The Morgan fingerprint density at radius 3 is 2.33 bits per heavy atom. The Balaban J connectivity index is 3.07. The normalized spacial score (nSPS) is 12.5. The first kappa shape index (κ1) is 11.8. The van der Waals surface area contributed by atoms with Crippen LogP contribution >= 0.6 is 0 Å². The number of carbonyl (C=O) groups excluding carboxylic acids is 1. The molecular formula is C11H14O4. The summed E-state index contributed by atoms with van der Waals surface area (Å²) in [5.41, 5.74) is 1.55. The highest BCUT2D eigenvalue weighted by Crippen LogP contribution is 2.18. The first-order chi connectivity index (χ1) is 7.10. The van der Waals surface area contributed by atoms with Gasteiger partial charge in [0.15, 0.2) is 5.78 Å². The van der Waals surface area contributed by atoms with Crippen molar-refractivity contribution in [1.82, 2.24) is 0 Å². The van der Waals surface area contributed by atoms with Crippen LogP contribution < -0.4 is 0 Å². The number of aliphatic hydroxyl groups is 3. The van der Waals surface area contributed by atoms with Crippen molar-refractivity contribution in [3.63, 3.8) is 0 Å². The van der Waals surface area contributed by atoms with Crippen LogP contribution in [0, 0.1) is 0 Å². The van der Waals surface area contributed by atoms with E-state index in [1.54, 1.807) is 12.1 Å². The number of Topliss-reactive ketones (excluding diaryl/α,β-unsaturated/α-hetero) is 1. The zero-order valence-electron chi connectivity index (χ0n) is 8.47. The van der Waals surface area contributed by atoms with E-state index in [-0.39, 0.29) is 19.0 Å². The SMILES string of the molecule is CC(=O)C(O)c1ccc(CO)c(CO)c1. The van der Waals surface area contributed by atoms with Gasteiger partial charge >= 0.3 is 0 Å². The van der Waals surface area contributed by atoms with Crippen LogP contribution in [0.2, 0.25) is 0 Å². The van der Waals surface area contributed by atoms with Gasteiger partial charge in [-0.15, -0.1) is 0 Å². The van der Waals surface area contributed by atoms with Gasteiger partial charge < -0.3 is 15.3 Å². The summed E-state index contributed by atoms with van der Waals surface area (Å²) in [5, 5.41) is 27.5. The average Bonchev–Trinajstić information content (AvgIpc) is 2.26. The van der Waals surface area contributed by atoms with E-state index in [2.05, 4.69) is 0 Å². The van der Waals surface area contributed by atoms with Crippen LogP contribution in [0.4, 0.5) is 0 Å². The number of benzene rings is 1. The predicted molar refractivity (Wildman–Crippen MR) is 53.9 cm³/mol. The van der Waals surface area contributed by atoms with Crippen molar-refractivity contribution >= 4 is 5.78 Å². The second-order valence-electron chi connectivity index (χ2n) is 3.36. The average molecular weight is 210 g/mol. The Hall–Kier alpha value is -1.23. The largest absolute Gasteiger partial charge is 0.392 e. The first-order valence-electron chi connectivity index (χ1n) is 4.62. The van der Waals surface area contributed by atoms with E-state index in [4.69, 9.17) is 10.2 Å². The Morgan fingerprint density at radius 2 is 1.87 bits per heavy atom. The molecule has 0 saturated heterocycles. The maximum absolute atomic E-state index is 10.9. The van der Waals surface area contributed by atoms with E-state index in [0.29, 0.717) is 16.7 Å². The molecule has 1 aromatic carbocycles. The lowest BCUT2D eigenvalue weighted by Gasteiger charge is -2.11. The lowest BCUT2D eigenvalue weighted by Crippen LogP contribution is -2.08. The van der Waals surface area contributed by atoms with Crippen molar-refractivity contribution in [1.29, 1.82) is 0 Å². The lowest BCUT2D eigenvalue weighted by atomic mass is 10.00. The Morgan fingerprint density at radius 1 is 1.27 bits per heavy atom. The van der Waals surface area contributed by atoms with E-state index < -0.39 is 6.10 Å². The summed E-state index contributed by atoms with van der Waals surface area (Å²) in [5.74, 6) is -0.351. The van der Waals surface area contributed by atoms with Gasteiger partial charge in [-0.2, -0.15) is 0 Å². The molecule has 1 atom stereocenters. The van der Waals surface area contributed by atoms with Gasteiger partial charge in [0.25, 0.3) is 0 Å². The van der Waals surface area contributed by atoms with Gasteiger partial charge in [-0.25, -0.2) is 0 Å². The van der Waals surface area contributed by atoms with Gasteiger partial charge in [0.2, 0.25) is 0 Å². The molecule has 0 aromatic heterocycles. The standard InChI is InChI=1S/C11H14O4/c1-7(14)11(15)8-2-3-9(5-12)10(4-8)6-13/h2-4,11-13,15H,5-6H2,1H3. The molecule has 0 aliphatic heterocycles. The third kappa shape index (κ3) is 2.62. The summed E-state index contributed by atoms with van der Waals surface area (Å²) < 4.78 is 0. The van der Waals surface area contributed by atoms with E-state index in [1.807, 2.05) is 0 Å². The maximum atomic E-state index is 10.9. The summed E-state index contributed by atoms with van der Waals surface area (Å²) in [4.78, 5) is 10.9. The quantitative estimate of drug-likeness (QED) is 0.667. The van der Waals surface area contributed by atoms with Crippen LogP contribution in [0.25, 0.3) is 0 Å². The van der Waals surface area contributed by atoms with E-state index in [0.717, 1.165) is 0 Å². The van der Waals surface area contributed by atoms with Crippen molar-refractivity contribution < 1.29 is 20.1 Å². The number of hydrogen-bond donors (Lipinski definition) is 3. The fraction of sp³-hybridized carbons (Fsp3) is 0.364. The first-order valence-corrected chi connectivity index (χ1v) is 4.62. The van der Waals surface area contributed by atoms with Crippen LogP contribution in [0.1, 0.15) is 29.7 Å². The van der Waals surface area contributed by atoms with E-state index >= 15 is 0 Å². The molecule has 0 amide bonds. The molecule has 4 nitrogen and oxygen atoms in total. The van der Waals surface area contributed by atoms with Crippen molar-refractivity contribution in [2.45, 2.75) is 26.2 Å². The maximum Gasteiger partial charge on any atom is 0.162 e. The molecule has 1 unspecified atom stereocenters. The number of aliphatic hydroxyl groups excluding tert-OH is 3. The highest BCUT2D eigenvalue weighted by molar-refractivity contribution is 5.81. The Kier molecular flexibility index (Phi) is 3.96. The smallest absolute Gasteiger partial charge is 0.162 e. The van der Waals surface area contributed by atoms with Crippen molar-refractivity contribution in [3.05, 3.63) is 34.9 Å². The van der Waals surface area contributed by atoms with Gasteiger partial charge in [0.1, 0.15) is 6.10 Å². The van der Waals surface area contributed by atoms with Crippen LogP contribution in [-0.2, 0) is 18.0 Å². The van der Waals surface area contributed by atoms with Crippen molar-refractivity contribution in [2.75, 3.05) is 0 Å². The van der Waals surface area contributed by atoms with Crippen molar-refractivity contribution in [2.24, 2.45) is 0 Å². The second-order valence-corrected chi connectivity index (χ2v) is 3.36. The fourth-order valence-corrected chi connectivity index (χ4v) is 1.35. The monoisotopic (exact) mass is 210 g/mol.